The molecule has 21 heavy (non-hydrogen) atoms. The number of benzene rings is 1. The van der Waals surface area contributed by atoms with Crippen LogP contribution >= 0.6 is 0 Å². The number of rotatable bonds is 8. The molecule has 2 N–H and O–H groups in total. The zero-order valence-electron chi connectivity index (χ0n) is 13.5. The predicted molar refractivity (Wildman–Crippen MR) is 83.8 cm³/mol. The quantitative estimate of drug-likeness (QED) is 0.771. The van der Waals surface area contributed by atoms with Crippen molar-refractivity contribution in [1.82, 2.24) is 10.6 Å². The summed E-state index contributed by atoms with van der Waals surface area (Å²) in [5.41, 5.74) is 0.966. The Morgan fingerprint density at radius 3 is 2.48 bits per heavy atom. The minimum atomic E-state index is -0.0140. The minimum Gasteiger partial charge on any atom is -0.497 e. The van der Waals surface area contributed by atoms with Crippen LogP contribution < -0.4 is 20.1 Å². The van der Waals surface area contributed by atoms with Gasteiger partial charge in [0.15, 0.2) is 0 Å². The van der Waals surface area contributed by atoms with Gasteiger partial charge >= 0.3 is 0 Å². The SMILES string of the molecule is COc1ccc(OC)c(C(C)NCC(=O)NCC(C)C)c1. The predicted octanol–water partition coefficient (Wildman–Crippen LogP) is 2.13. The molecule has 5 nitrogen and oxygen atoms in total. The fraction of sp³-hybridized carbons (Fsp3) is 0.562. The molecule has 0 aliphatic rings. The number of methoxy groups -OCH3 is 2. The monoisotopic (exact) mass is 294 g/mol. The van der Waals surface area contributed by atoms with Gasteiger partial charge in [0.1, 0.15) is 11.5 Å². The second-order valence-electron chi connectivity index (χ2n) is 5.41. The minimum absolute atomic E-state index is 0.00240. The lowest BCUT2D eigenvalue weighted by molar-refractivity contribution is -0.120. The Bertz CT molecular complexity index is 461. The van der Waals surface area contributed by atoms with Crippen LogP contribution in [-0.2, 0) is 4.79 Å². The molecule has 0 spiro atoms. The first-order valence-electron chi connectivity index (χ1n) is 7.20. The van der Waals surface area contributed by atoms with Gasteiger partial charge in [-0.2, -0.15) is 0 Å². The molecule has 5 heteroatoms. The molecule has 1 aromatic carbocycles. The summed E-state index contributed by atoms with van der Waals surface area (Å²) in [6.45, 7) is 7.09. The van der Waals surface area contributed by atoms with Gasteiger partial charge in [-0.3, -0.25) is 4.79 Å². The Hall–Kier alpha value is -1.75. The number of carbonyl (C=O) groups excluding carboxylic acids is 1. The maximum atomic E-state index is 11.7. The molecule has 0 bridgehead atoms. The molecular formula is C16H26N2O3. The Morgan fingerprint density at radius 2 is 1.90 bits per heavy atom. The third-order valence-electron chi connectivity index (χ3n) is 3.18. The standard InChI is InChI=1S/C16H26N2O3/c1-11(2)9-18-16(19)10-17-12(3)14-8-13(20-4)6-7-15(14)21-5/h6-8,11-12,17H,9-10H2,1-5H3,(H,18,19). The highest BCUT2D eigenvalue weighted by Gasteiger charge is 2.13. The van der Waals surface area contributed by atoms with E-state index in [9.17, 15) is 4.79 Å². The molecule has 0 aliphatic heterocycles. The number of hydrogen-bond donors (Lipinski definition) is 2. The van der Waals surface area contributed by atoms with Crippen molar-refractivity contribution in [3.8, 4) is 11.5 Å². The van der Waals surface area contributed by atoms with Crippen LogP contribution in [0.15, 0.2) is 18.2 Å². The molecule has 0 fully saturated rings. The largest absolute Gasteiger partial charge is 0.497 e. The van der Waals surface area contributed by atoms with E-state index in [0.717, 1.165) is 17.1 Å². The maximum absolute atomic E-state index is 11.7. The van der Waals surface area contributed by atoms with Crippen molar-refractivity contribution in [2.75, 3.05) is 27.3 Å². The van der Waals surface area contributed by atoms with Crippen molar-refractivity contribution in [2.24, 2.45) is 5.92 Å². The number of carbonyl (C=O) groups is 1. The van der Waals surface area contributed by atoms with Crippen LogP contribution in [0.3, 0.4) is 0 Å². The van der Waals surface area contributed by atoms with Gasteiger partial charge in [0, 0.05) is 18.2 Å². The van der Waals surface area contributed by atoms with Gasteiger partial charge in [-0.1, -0.05) is 13.8 Å². The van der Waals surface area contributed by atoms with Crippen molar-refractivity contribution in [3.63, 3.8) is 0 Å². The molecule has 0 saturated carbocycles. The highest BCUT2D eigenvalue weighted by Crippen LogP contribution is 2.28. The van der Waals surface area contributed by atoms with Gasteiger partial charge in [-0.05, 0) is 31.0 Å². The summed E-state index contributed by atoms with van der Waals surface area (Å²) in [7, 11) is 3.26. The van der Waals surface area contributed by atoms with E-state index in [0.29, 0.717) is 12.5 Å². The van der Waals surface area contributed by atoms with Gasteiger partial charge in [-0.15, -0.1) is 0 Å². The molecular weight excluding hydrogens is 268 g/mol. The van der Waals surface area contributed by atoms with Gasteiger partial charge < -0.3 is 20.1 Å². The smallest absolute Gasteiger partial charge is 0.233 e. The van der Waals surface area contributed by atoms with Crippen molar-refractivity contribution in [2.45, 2.75) is 26.8 Å². The summed E-state index contributed by atoms with van der Waals surface area (Å²) in [6.07, 6.45) is 0. The van der Waals surface area contributed by atoms with E-state index in [-0.39, 0.29) is 18.5 Å². The van der Waals surface area contributed by atoms with Crippen LogP contribution in [0.5, 0.6) is 11.5 Å². The molecule has 1 rings (SSSR count). The summed E-state index contributed by atoms with van der Waals surface area (Å²) < 4.78 is 10.6. The fourth-order valence-corrected chi connectivity index (χ4v) is 1.91. The van der Waals surface area contributed by atoms with Crippen LogP contribution in [0.2, 0.25) is 0 Å². The van der Waals surface area contributed by atoms with E-state index in [1.807, 2.05) is 25.1 Å². The summed E-state index contributed by atoms with van der Waals surface area (Å²) in [5.74, 6) is 1.99. The summed E-state index contributed by atoms with van der Waals surface area (Å²) in [6, 6.07) is 5.62. The highest BCUT2D eigenvalue weighted by atomic mass is 16.5. The Balaban J connectivity index is 2.62. The first-order valence-corrected chi connectivity index (χ1v) is 7.20. The molecule has 0 aromatic heterocycles. The van der Waals surface area contributed by atoms with E-state index < -0.39 is 0 Å². The first-order chi connectivity index (χ1) is 9.97. The number of ether oxygens (including phenoxy) is 2. The zero-order valence-corrected chi connectivity index (χ0v) is 13.5. The van der Waals surface area contributed by atoms with Crippen molar-refractivity contribution >= 4 is 5.91 Å². The normalized spacial score (nSPS) is 12.1. The Morgan fingerprint density at radius 1 is 1.19 bits per heavy atom. The molecule has 0 saturated heterocycles. The third-order valence-corrected chi connectivity index (χ3v) is 3.18. The second-order valence-corrected chi connectivity index (χ2v) is 5.41. The van der Waals surface area contributed by atoms with Gasteiger partial charge in [0.25, 0.3) is 0 Å². The molecule has 0 radical (unpaired) electrons. The lowest BCUT2D eigenvalue weighted by Gasteiger charge is -2.18. The van der Waals surface area contributed by atoms with Crippen LogP contribution in [0.1, 0.15) is 32.4 Å². The first kappa shape index (κ1) is 17.3. The zero-order chi connectivity index (χ0) is 15.8. The van der Waals surface area contributed by atoms with Gasteiger partial charge in [0.2, 0.25) is 5.91 Å². The summed E-state index contributed by atoms with van der Waals surface area (Å²) in [4.78, 5) is 11.7. The lowest BCUT2D eigenvalue weighted by Crippen LogP contribution is -2.36. The molecule has 1 atom stereocenters. The average molecular weight is 294 g/mol. The van der Waals surface area contributed by atoms with Crippen LogP contribution in [-0.4, -0.2) is 33.2 Å². The van der Waals surface area contributed by atoms with E-state index in [1.54, 1.807) is 14.2 Å². The van der Waals surface area contributed by atoms with Crippen LogP contribution in [0.25, 0.3) is 0 Å². The number of hydrogen-bond acceptors (Lipinski definition) is 4. The number of nitrogens with one attached hydrogen (secondary N) is 2. The molecule has 118 valence electrons. The molecule has 1 amide bonds. The molecule has 0 heterocycles. The Kier molecular flexibility index (Phi) is 7.02. The lowest BCUT2D eigenvalue weighted by atomic mass is 10.1. The van der Waals surface area contributed by atoms with Gasteiger partial charge in [-0.25, -0.2) is 0 Å². The Labute approximate surface area is 127 Å². The highest BCUT2D eigenvalue weighted by molar-refractivity contribution is 5.78. The maximum Gasteiger partial charge on any atom is 0.233 e. The van der Waals surface area contributed by atoms with E-state index in [2.05, 4.69) is 24.5 Å². The second kappa shape index (κ2) is 8.52. The van der Waals surface area contributed by atoms with Crippen molar-refractivity contribution in [3.05, 3.63) is 23.8 Å². The van der Waals surface area contributed by atoms with E-state index in [4.69, 9.17) is 9.47 Å². The summed E-state index contributed by atoms with van der Waals surface area (Å²) in [5, 5.41) is 6.08. The van der Waals surface area contributed by atoms with Gasteiger partial charge in [0.05, 0.1) is 20.8 Å². The van der Waals surface area contributed by atoms with Crippen LogP contribution in [0.4, 0.5) is 0 Å². The number of amides is 1. The topological polar surface area (TPSA) is 59.6 Å². The third kappa shape index (κ3) is 5.63. The van der Waals surface area contributed by atoms with Crippen LogP contribution in [0, 0.1) is 5.92 Å². The average Bonchev–Trinajstić information content (AvgIpc) is 2.49. The fourth-order valence-electron chi connectivity index (χ4n) is 1.91. The summed E-state index contributed by atoms with van der Waals surface area (Å²) >= 11 is 0. The van der Waals surface area contributed by atoms with E-state index >= 15 is 0 Å². The van der Waals surface area contributed by atoms with Crippen molar-refractivity contribution in [1.29, 1.82) is 0 Å². The van der Waals surface area contributed by atoms with E-state index in [1.165, 1.54) is 0 Å². The van der Waals surface area contributed by atoms with Crippen molar-refractivity contribution < 1.29 is 14.3 Å². The molecule has 1 aromatic rings. The molecule has 1 unspecified atom stereocenters. The molecule has 0 aliphatic carbocycles.